The van der Waals surface area contributed by atoms with Crippen molar-refractivity contribution in [3.05, 3.63) is 65.2 Å². The van der Waals surface area contributed by atoms with Crippen LogP contribution in [-0.4, -0.2) is 34.5 Å². The van der Waals surface area contributed by atoms with Crippen LogP contribution in [0.2, 0.25) is 0 Å². The number of methoxy groups -OCH3 is 2. The summed E-state index contributed by atoms with van der Waals surface area (Å²) in [6.45, 7) is 6.48. The van der Waals surface area contributed by atoms with Crippen molar-refractivity contribution < 1.29 is 19.0 Å². The normalized spacial score (nSPS) is 14.5. The first-order chi connectivity index (χ1) is 17.2. The molecule has 0 unspecified atom stereocenters. The number of benzene rings is 2. The fourth-order valence-corrected chi connectivity index (χ4v) is 5.04. The maximum atomic E-state index is 13.0. The number of anilines is 1. The van der Waals surface area contributed by atoms with Crippen LogP contribution >= 0.6 is 0 Å². The van der Waals surface area contributed by atoms with Crippen molar-refractivity contribution in [2.75, 3.05) is 20.0 Å². The molecule has 2 aromatic heterocycles. The first-order valence-electron chi connectivity index (χ1n) is 11.8. The molecule has 2 heterocycles. The molecule has 1 aliphatic carbocycles. The number of nitrogen functional groups attached to an aromatic ring is 1. The van der Waals surface area contributed by atoms with E-state index < -0.39 is 0 Å². The predicted molar refractivity (Wildman–Crippen MR) is 138 cm³/mol. The SMILES string of the molecule is COc1cc(COc2c(-n3cc(C)c4c3CC(C)(C)CC4=O)ccc3c(N)ncnc23)cc(OC)c1. The van der Waals surface area contributed by atoms with Crippen LogP contribution in [0.15, 0.2) is 42.9 Å². The van der Waals surface area contributed by atoms with Gasteiger partial charge in [0, 0.05) is 35.3 Å². The van der Waals surface area contributed by atoms with Crippen molar-refractivity contribution in [1.82, 2.24) is 14.5 Å². The second kappa shape index (κ2) is 8.86. The molecule has 0 bridgehead atoms. The molecule has 1 aliphatic rings. The minimum absolute atomic E-state index is 0.131. The largest absolute Gasteiger partial charge is 0.497 e. The van der Waals surface area contributed by atoms with Crippen LogP contribution in [0.4, 0.5) is 5.82 Å². The van der Waals surface area contributed by atoms with Crippen LogP contribution in [0, 0.1) is 12.3 Å². The number of nitrogens with zero attached hydrogens (tertiary/aromatic N) is 3. The van der Waals surface area contributed by atoms with Crippen LogP contribution in [0.25, 0.3) is 16.6 Å². The third-order valence-electron chi connectivity index (χ3n) is 6.68. The van der Waals surface area contributed by atoms with Gasteiger partial charge in [-0.25, -0.2) is 9.97 Å². The van der Waals surface area contributed by atoms with E-state index in [1.807, 2.05) is 43.5 Å². The van der Waals surface area contributed by atoms with Gasteiger partial charge in [-0.2, -0.15) is 0 Å². The molecule has 0 saturated carbocycles. The van der Waals surface area contributed by atoms with Gasteiger partial charge in [-0.1, -0.05) is 13.8 Å². The van der Waals surface area contributed by atoms with E-state index in [-0.39, 0.29) is 17.8 Å². The van der Waals surface area contributed by atoms with Gasteiger partial charge >= 0.3 is 0 Å². The molecule has 36 heavy (non-hydrogen) atoms. The number of aryl methyl sites for hydroxylation is 1. The molecule has 0 atom stereocenters. The summed E-state index contributed by atoms with van der Waals surface area (Å²) >= 11 is 0. The number of ketones is 1. The molecule has 186 valence electrons. The molecule has 0 saturated heterocycles. The first-order valence-corrected chi connectivity index (χ1v) is 11.8. The van der Waals surface area contributed by atoms with Crippen LogP contribution in [-0.2, 0) is 13.0 Å². The van der Waals surface area contributed by atoms with E-state index in [2.05, 4.69) is 28.4 Å². The summed E-state index contributed by atoms with van der Waals surface area (Å²) in [6.07, 6.45) is 4.76. The Morgan fingerprint density at radius 2 is 1.78 bits per heavy atom. The molecule has 0 radical (unpaired) electrons. The Morgan fingerprint density at radius 3 is 2.47 bits per heavy atom. The van der Waals surface area contributed by atoms with Crippen LogP contribution in [0.1, 0.15) is 47.4 Å². The zero-order valence-corrected chi connectivity index (χ0v) is 21.2. The van der Waals surface area contributed by atoms with Gasteiger partial charge in [0.15, 0.2) is 11.5 Å². The highest BCUT2D eigenvalue weighted by atomic mass is 16.5. The lowest BCUT2D eigenvalue weighted by Gasteiger charge is -2.30. The molecule has 0 amide bonds. The topological polar surface area (TPSA) is 101 Å². The standard InChI is InChI=1S/C28H30N4O4/c1-16-13-32(22-11-28(2,3)12-23(33)24(16)22)21-7-6-20-25(30-15-31-27(20)29)26(21)36-14-17-8-18(34-4)10-19(9-17)35-5/h6-10,13,15H,11-12,14H2,1-5H3,(H2,29,30,31). The minimum Gasteiger partial charge on any atom is -0.497 e. The number of aromatic nitrogens is 3. The van der Waals surface area contributed by atoms with E-state index in [1.165, 1.54) is 6.33 Å². The van der Waals surface area contributed by atoms with E-state index in [4.69, 9.17) is 19.9 Å². The lowest BCUT2D eigenvalue weighted by Crippen LogP contribution is -2.28. The summed E-state index contributed by atoms with van der Waals surface area (Å²) in [4.78, 5) is 21.7. The molecular formula is C28H30N4O4. The van der Waals surface area contributed by atoms with Crippen LogP contribution in [0.5, 0.6) is 17.2 Å². The van der Waals surface area contributed by atoms with E-state index in [0.29, 0.717) is 40.4 Å². The number of ether oxygens (including phenoxy) is 3. The predicted octanol–water partition coefficient (Wildman–Crippen LogP) is 5.06. The Hall–Kier alpha value is -4.07. The van der Waals surface area contributed by atoms with E-state index >= 15 is 0 Å². The van der Waals surface area contributed by atoms with Gasteiger partial charge in [-0.05, 0) is 54.2 Å². The Bertz CT molecular complexity index is 1470. The zero-order chi connectivity index (χ0) is 25.6. The zero-order valence-electron chi connectivity index (χ0n) is 21.2. The van der Waals surface area contributed by atoms with Gasteiger partial charge in [0.1, 0.15) is 35.8 Å². The second-order valence-electron chi connectivity index (χ2n) is 10.0. The van der Waals surface area contributed by atoms with Gasteiger partial charge in [0.05, 0.1) is 19.9 Å². The molecule has 0 aliphatic heterocycles. The van der Waals surface area contributed by atoms with Crippen molar-refractivity contribution >= 4 is 22.5 Å². The summed E-state index contributed by atoms with van der Waals surface area (Å²) in [5, 5.41) is 0.702. The van der Waals surface area contributed by atoms with Gasteiger partial charge < -0.3 is 24.5 Å². The van der Waals surface area contributed by atoms with E-state index in [9.17, 15) is 4.79 Å². The van der Waals surface area contributed by atoms with Crippen molar-refractivity contribution in [1.29, 1.82) is 0 Å². The highest BCUT2D eigenvalue weighted by molar-refractivity contribution is 6.01. The summed E-state index contributed by atoms with van der Waals surface area (Å²) in [5.74, 6) is 2.47. The fraction of sp³-hybridized carbons (Fsp3) is 0.321. The highest BCUT2D eigenvalue weighted by Gasteiger charge is 2.35. The average Bonchev–Trinajstić information content (AvgIpc) is 3.17. The number of Topliss-reactive ketones (excluding diaryl/α,β-unsaturated/α-hetero) is 1. The van der Waals surface area contributed by atoms with Gasteiger partial charge in [-0.3, -0.25) is 4.79 Å². The third kappa shape index (κ3) is 4.12. The van der Waals surface area contributed by atoms with Crippen molar-refractivity contribution in [3.8, 4) is 22.9 Å². The number of hydrogen-bond donors (Lipinski definition) is 1. The number of rotatable bonds is 6. The molecule has 2 N–H and O–H groups in total. The van der Waals surface area contributed by atoms with Crippen LogP contribution in [0.3, 0.4) is 0 Å². The molecule has 0 spiro atoms. The van der Waals surface area contributed by atoms with Crippen molar-refractivity contribution in [2.45, 2.75) is 40.2 Å². The van der Waals surface area contributed by atoms with E-state index in [1.54, 1.807) is 14.2 Å². The maximum absolute atomic E-state index is 13.0. The first kappa shape index (κ1) is 23.7. The number of carbonyl (C=O) groups is 1. The number of hydrogen-bond acceptors (Lipinski definition) is 7. The fourth-order valence-electron chi connectivity index (χ4n) is 5.04. The number of nitrogens with two attached hydrogens (primary N) is 1. The number of carbonyl (C=O) groups excluding carboxylic acids is 1. The van der Waals surface area contributed by atoms with Gasteiger partial charge in [0.2, 0.25) is 0 Å². The second-order valence-corrected chi connectivity index (χ2v) is 10.0. The van der Waals surface area contributed by atoms with Crippen LogP contribution < -0.4 is 19.9 Å². The maximum Gasteiger partial charge on any atom is 0.170 e. The quantitative estimate of drug-likeness (QED) is 0.406. The third-order valence-corrected chi connectivity index (χ3v) is 6.68. The van der Waals surface area contributed by atoms with Gasteiger partial charge in [-0.15, -0.1) is 0 Å². The Balaban J connectivity index is 1.66. The number of fused-ring (bicyclic) bond motifs is 2. The smallest absolute Gasteiger partial charge is 0.170 e. The lowest BCUT2D eigenvalue weighted by atomic mass is 9.75. The van der Waals surface area contributed by atoms with Crippen molar-refractivity contribution in [2.24, 2.45) is 5.41 Å². The minimum atomic E-state index is -0.131. The summed E-state index contributed by atoms with van der Waals surface area (Å²) < 4.78 is 19.4. The highest BCUT2D eigenvalue weighted by Crippen LogP contribution is 2.41. The van der Waals surface area contributed by atoms with E-state index in [0.717, 1.165) is 34.5 Å². The van der Waals surface area contributed by atoms with Gasteiger partial charge in [0.25, 0.3) is 0 Å². The molecular weight excluding hydrogens is 456 g/mol. The molecule has 5 rings (SSSR count). The summed E-state index contributed by atoms with van der Waals surface area (Å²) in [7, 11) is 3.23. The molecule has 0 fully saturated rings. The summed E-state index contributed by atoms with van der Waals surface area (Å²) in [6, 6.07) is 9.47. The van der Waals surface area contributed by atoms with Crippen molar-refractivity contribution in [3.63, 3.8) is 0 Å². The Kier molecular flexibility index (Phi) is 5.82. The molecule has 8 nitrogen and oxygen atoms in total. The Morgan fingerprint density at radius 1 is 1.06 bits per heavy atom. The molecule has 2 aromatic carbocycles. The Labute approximate surface area is 210 Å². The molecule has 4 aromatic rings. The average molecular weight is 487 g/mol. The summed E-state index contributed by atoms with van der Waals surface area (Å²) in [5.41, 5.74) is 11.1. The monoisotopic (exact) mass is 486 g/mol. The molecule has 8 heteroatoms. The lowest BCUT2D eigenvalue weighted by molar-refractivity contribution is 0.0910.